The van der Waals surface area contributed by atoms with Crippen LogP contribution < -0.4 is 5.32 Å². The van der Waals surface area contributed by atoms with Crippen molar-refractivity contribution in [3.05, 3.63) is 29.7 Å². The summed E-state index contributed by atoms with van der Waals surface area (Å²) in [5, 5.41) is 6.78. The number of carbonyl (C=O) groups is 1. The molecule has 0 saturated heterocycles. The highest BCUT2D eigenvalue weighted by molar-refractivity contribution is 6.00. The molecule has 1 amide bonds. The molecule has 2 rings (SSSR count). The van der Waals surface area contributed by atoms with E-state index in [1.165, 1.54) is 0 Å². The van der Waals surface area contributed by atoms with Crippen molar-refractivity contribution >= 4 is 5.91 Å². The zero-order valence-corrected chi connectivity index (χ0v) is 11.2. The summed E-state index contributed by atoms with van der Waals surface area (Å²) in [6.07, 6.45) is 4.75. The highest BCUT2D eigenvalue weighted by atomic mass is 16.5. The van der Waals surface area contributed by atoms with Gasteiger partial charge < -0.3 is 14.3 Å². The first kappa shape index (κ1) is 13.4. The SMILES string of the molecule is CCCCCNC(=O)c1c(-c2ccco2)noc1C. The quantitative estimate of drug-likeness (QED) is 0.812. The van der Waals surface area contributed by atoms with Gasteiger partial charge in [-0.3, -0.25) is 4.79 Å². The smallest absolute Gasteiger partial charge is 0.257 e. The summed E-state index contributed by atoms with van der Waals surface area (Å²) in [4.78, 5) is 12.2. The molecule has 0 atom stereocenters. The number of rotatable bonds is 6. The molecular formula is C14H18N2O3. The van der Waals surface area contributed by atoms with Crippen molar-refractivity contribution in [2.24, 2.45) is 0 Å². The van der Waals surface area contributed by atoms with Gasteiger partial charge >= 0.3 is 0 Å². The molecule has 0 bridgehead atoms. The average molecular weight is 262 g/mol. The molecule has 1 N–H and O–H groups in total. The van der Waals surface area contributed by atoms with Crippen LogP contribution in [0.2, 0.25) is 0 Å². The van der Waals surface area contributed by atoms with Crippen LogP contribution in [0, 0.1) is 6.92 Å². The lowest BCUT2D eigenvalue weighted by Gasteiger charge is -2.04. The van der Waals surface area contributed by atoms with Gasteiger partial charge in [0.2, 0.25) is 0 Å². The van der Waals surface area contributed by atoms with E-state index in [1.54, 1.807) is 25.3 Å². The molecule has 0 aliphatic rings. The minimum Gasteiger partial charge on any atom is -0.463 e. The van der Waals surface area contributed by atoms with Crippen LogP contribution in [0.4, 0.5) is 0 Å². The Balaban J connectivity index is 2.11. The maximum absolute atomic E-state index is 12.2. The molecule has 0 aliphatic heterocycles. The fourth-order valence-corrected chi connectivity index (χ4v) is 1.89. The van der Waals surface area contributed by atoms with E-state index in [0.717, 1.165) is 19.3 Å². The fourth-order valence-electron chi connectivity index (χ4n) is 1.89. The maximum atomic E-state index is 12.2. The summed E-state index contributed by atoms with van der Waals surface area (Å²) in [6, 6.07) is 3.51. The highest BCUT2D eigenvalue weighted by Gasteiger charge is 2.22. The monoisotopic (exact) mass is 262 g/mol. The van der Waals surface area contributed by atoms with Crippen LogP contribution in [0.3, 0.4) is 0 Å². The van der Waals surface area contributed by atoms with Crippen LogP contribution in [0.25, 0.3) is 11.5 Å². The topological polar surface area (TPSA) is 68.3 Å². The van der Waals surface area contributed by atoms with E-state index in [0.29, 0.717) is 29.3 Å². The Morgan fingerprint density at radius 2 is 2.26 bits per heavy atom. The van der Waals surface area contributed by atoms with E-state index >= 15 is 0 Å². The van der Waals surface area contributed by atoms with Crippen molar-refractivity contribution in [3.8, 4) is 11.5 Å². The van der Waals surface area contributed by atoms with Crippen molar-refractivity contribution < 1.29 is 13.7 Å². The lowest BCUT2D eigenvalue weighted by Crippen LogP contribution is -2.25. The number of carbonyl (C=O) groups excluding carboxylic acids is 1. The molecule has 102 valence electrons. The second-order valence-corrected chi connectivity index (χ2v) is 4.40. The van der Waals surface area contributed by atoms with Gasteiger partial charge in [0.05, 0.1) is 6.26 Å². The van der Waals surface area contributed by atoms with E-state index in [1.807, 2.05) is 0 Å². The number of nitrogens with one attached hydrogen (secondary N) is 1. The van der Waals surface area contributed by atoms with Crippen molar-refractivity contribution in [3.63, 3.8) is 0 Å². The van der Waals surface area contributed by atoms with Gasteiger partial charge in [-0.05, 0) is 25.5 Å². The molecule has 0 saturated carbocycles. The predicted molar refractivity (Wildman–Crippen MR) is 70.8 cm³/mol. The molecule has 5 heteroatoms. The van der Waals surface area contributed by atoms with Crippen LogP contribution >= 0.6 is 0 Å². The summed E-state index contributed by atoms with van der Waals surface area (Å²) in [6.45, 7) is 4.51. The third-order valence-electron chi connectivity index (χ3n) is 2.91. The molecule has 19 heavy (non-hydrogen) atoms. The Morgan fingerprint density at radius 1 is 1.42 bits per heavy atom. The Bertz CT molecular complexity index is 529. The van der Waals surface area contributed by atoms with Gasteiger partial charge in [-0.2, -0.15) is 0 Å². The van der Waals surface area contributed by atoms with E-state index in [4.69, 9.17) is 8.94 Å². The largest absolute Gasteiger partial charge is 0.463 e. The number of nitrogens with zero attached hydrogens (tertiary/aromatic N) is 1. The molecule has 2 aromatic rings. The first-order valence-corrected chi connectivity index (χ1v) is 6.52. The molecule has 0 radical (unpaired) electrons. The number of furan rings is 1. The van der Waals surface area contributed by atoms with Crippen LogP contribution in [0.1, 0.15) is 42.3 Å². The summed E-state index contributed by atoms with van der Waals surface area (Å²) < 4.78 is 10.4. The number of hydrogen-bond donors (Lipinski definition) is 1. The Kier molecular flexibility index (Phi) is 4.39. The number of hydrogen-bond acceptors (Lipinski definition) is 4. The van der Waals surface area contributed by atoms with Crippen LogP contribution in [0.15, 0.2) is 27.3 Å². The third kappa shape index (κ3) is 3.05. The van der Waals surface area contributed by atoms with Crippen LogP contribution in [-0.2, 0) is 0 Å². The van der Waals surface area contributed by atoms with Crippen LogP contribution in [0.5, 0.6) is 0 Å². The lowest BCUT2D eigenvalue weighted by atomic mass is 10.1. The normalized spacial score (nSPS) is 10.6. The Hall–Kier alpha value is -2.04. The first-order valence-electron chi connectivity index (χ1n) is 6.52. The van der Waals surface area contributed by atoms with E-state index in [9.17, 15) is 4.79 Å². The van der Waals surface area contributed by atoms with Crippen molar-refractivity contribution in [1.29, 1.82) is 0 Å². The molecule has 5 nitrogen and oxygen atoms in total. The molecule has 0 aromatic carbocycles. The van der Waals surface area contributed by atoms with Crippen LogP contribution in [-0.4, -0.2) is 17.6 Å². The zero-order valence-electron chi connectivity index (χ0n) is 11.2. The second kappa shape index (κ2) is 6.22. The molecule has 0 spiro atoms. The van der Waals surface area contributed by atoms with Gasteiger partial charge in [0.25, 0.3) is 5.91 Å². The van der Waals surface area contributed by atoms with Crippen molar-refractivity contribution in [1.82, 2.24) is 10.5 Å². The second-order valence-electron chi connectivity index (χ2n) is 4.40. The van der Waals surface area contributed by atoms with Gasteiger partial charge in [0.15, 0.2) is 11.5 Å². The number of unbranched alkanes of at least 4 members (excludes halogenated alkanes) is 2. The number of aryl methyl sites for hydroxylation is 1. The van der Waals surface area contributed by atoms with Crippen molar-refractivity contribution in [2.45, 2.75) is 33.1 Å². The standard InChI is InChI=1S/C14H18N2O3/c1-3-4-5-8-15-14(17)12-10(2)19-16-13(12)11-7-6-9-18-11/h6-7,9H,3-5,8H2,1-2H3,(H,15,17). The number of amides is 1. The average Bonchev–Trinajstić information content (AvgIpc) is 3.03. The molecular weight excluding hydrogens is 244 g/mol. The Morgan fingerprint density at radius 3 is 2.95 bits per heavy atom. The zero-order chi connectivity index (χ0) is 13.7. The minimum absolute atomic E-state index is 0.166. The highest BCUT2D eigenvalue weighted by Crippen LogP contribution is 2.25. The summed E-state index contributed by atoms with van der Waals surface area (Å²) >= 11 is 0. The molecule has 2 heterocycles. The summed E-state index contributed by atoms with van der Waals surface area (Å²) in [7, 11) is 0. The van der Waals surface area contributed by atoms with E-state index in [2.05, 4.69) is 17.4 Å². The first-order chi connectivity index (χ1) is 9.24. The van der Waals surface area contributed by atoms with Gasteiger partial charge in [-0.25, -0.2) is 0 Å². The number of aromatic nitrogens is 1. The fraction of sp³-hybridized carbons (Fsp3) is 0.429. The van der Waals surface area contributed by atoms with E-state index < -0.39 is 0 Å². The van der Waals surface area contributed by atoms with Crippen molar-refractivity contribution in [2.75, 3.05) is 6.54 Å². The van der Waals surface area contributed by atoms with Gasteiger partial charge in [-0.15, -0.1) is 0 Å². The lowest BCUT2D eigenvalue weighted by molar-refractivity contribution is 0.0952. The molecule has 0 unspecified atom stereocenters. The van der Waals surface area contributed by atoms with Gasteiger partial charge in [-0.1, -0.05) is 24.9 Å². The van der Waals surface area contributed by atoms with E-state index in [-0.39, 0.29) is 5.91 Å². The third-order valence-corrected chi connectivity index (χ3v) is 2.91. The summed E-state index contributed by atoms with van der Waals surface area (Å²) in [5.74, 6) is 0.871. The summed E-state index contributed by atoms with van der Waals surface area (Å²) in [5.41, 5.74) is 0.905. The molecule has 2 aromatic heterocycles. The van der Waals surface area contributed by atoms with Gasteiger partial charge in [0, 0.05) is 6.54 Å². The predicted octanol–water partition coefficient (Wildman–Crippen LogP) is 3.16. The van der Waals surface area contributed by atoms with Gasteiger partial charge in [0.1, 0.15) is 11.3 Å². The Labute approximate surface area is 112 Å². The minimum atomic E-state index is -0.166. The molecule has 0 fully saturated rings. The molecule has 0 aliphatic carbocycles. The maximum Gasteiger partial charge on any atom is 0.257 e.